The van der Waals surface area contributed by atoms with Crippen LogP contribution in [0.2, 0.25) is 0 Å². The number of nitrogens with zero attached hydrogens (tertiary/aromatic N) is 1. The number of benzene rings is 1. The maximum Gasteiger partial charge on any atom is 0.234 e. The van der Waals surface area contributed by atoms with Gasteiger partial charge in [0.15, 0.2) is 0 Å². The van der Waals surface area contributed by atoms with Gasteiger partial charge < -0.3 is 20.7 Å². The molecule has 1 aromatic rings. The van der Waals surface area contributed by atoms with E-state index in [0.717, 1.165) is 30.9 Å². The van der Waals surface area contributed by atoms with E-state index in [1.165, 1.54) is 0 Å². The molecule has 0 aliphatic carbocycles. The number of hydrogen-bond acceptors (Lipinski definition) is 4. The molecule has 5 nitrogen and oxygen atoms in total. The summed E-state index contributed by atoms with van der Waals surface area (Å²) in [6.45, 7) is 1.76. The first-order chi connectivity index (χ1) is 8.74. The summed E-state index contributed by atoms with van der Waals surface area (Å²) in [5.74, 6) is 0.769. The molecule has 1 fully saturated rings. The minimum absolute atomic E-state index is 0. The Balaban J connectivity index is 0.00000180. The highest BCUT2D eigenvalue weighted by atomic mass is 35.5. The van der Waals surface area contributed by atoms with Crippen LogP contribution in [0.25, 0.3) is 0 Å². The number of halogens is 2. The van der Waals surface area contributed by atoms with Crippen LogP contribution in [-0.4, -0.2) is 38.7 Å². The molecule has 1 aliphatic heterocycles. The summed E-state index contributed by atoms with van der Waals surface area (Å²) in [5.41, 5.74) is 6.37. The highest BCUT2D eigenvalue weighted by Gasteiger charge is 2.25. The zero-order valence-electron chi connectivity index (χ0n) is 11.4. The summed E-state index contributed by atoms with van der Waals surface area (Å²) in [5, 5.41) is 2.92. The monoisotopic (exact) mass is 321 g/mol. The van der Waals surface area contributed by atoms with Crippen molar-refractivity contribution in [2.45, 2.75) is 12.5 Å². The molecule has 1 aliphatic rings. The van der Waals surface area contributed by atoms with E-state index in [2.05, 4.69) is 10.2 Å². The van der Waals surface area contributed by atoms with E-state index in [1.807, 2.05) is 24.3 Å². The largest absolute Gasteiger partial charge is 0.495 e. The number of hydrogen-bond donors (Lipinski definition) is 2. The lowest BCUT2D eigenvalue weighted by atomic mass is 10.2. The Labute approximate surface area is 131 Å². The van der Waals surface area contributed by atoms with Crippen LogP contribution in [0, 0.1) is 0 Å². The summed E-state index contributed by atoms with van der Waals surface area (Å²) in [7, 11) is 1.67. The number of carbonyl (C=O) groups excluding carboxylic acids is 1. The van der Waals surface area contributed by atoms with Crippen LogP contribution in [0.1, 0.15) is 6.42 Å². The average Bonchev–Trinajstić information content (AvgIpc) is 2.86. The minimum atomic E-state index is -0.0955. The van der Waals surface area contributed by atoms with Crippen molar-refractivity contribution in [3.8, 4) is 5.75 Å². The van der Waals surface area contributed by atoms with Gasteiger partial charge in [0.25, 0.3) is 0 Å². The molecule has 0 saturated carbocycles. The number of para-hydroxylation sites is 2. The van der Waals surface area contributed by atoms with E-state index in [4.69, 9.17) is 10.5 Å². The van der Waals surface area contributed by atoms with Gasteiger partial charge in [0.05, 0.1) is 19.3 Å². The van der Waals surface area contributed by atoms with Crippen LogP contribution in [0.3, 0.4) is 0 Å². The van der Waals surface area contributed by atoms with E-state index in [-0.39, 0.29) is 43.3 Å². The molecular weight excluding hydrogens is 301 g/mol. The fraction of sp³-hybridized carbons (Fsp3) is 0.462. The number of nitrogens with two attached hydrogens (primary N) is 1. The molecule has 1 aromatic carbocycles. The first kappa shape index (κ1) is 18.8. The SMILES string of the molecule is COc1ccccc1N1CCC(NC(=O)CN)C1.Cl.Cl. The molecule has 0 bridgehead atoms. The van der Waals surface area contributed by atoms with Gasteiger partial charge in [-0.1, -0.05) is 12.1 Å². The third kappa shape index (κ3) is 4.44. The summed E-state index contributed by atoms with van der Waals surface area (Å²) in [4.78, 5) is 13.5. The van der Waals surface area contributed by atoms with Crippen molar-refractivity contribution in [1.29, 1.82) is 0 Å². The Hall–Kier alpha value is -1.17. The molecule has 7 heteroatoms. The Bertz CT molecular complexity index is 432. The highest BCUT2D eigenvalue weighted by Crippen LogP contribution is 2.30. The maximum absolute atomic E-state index is 11.3. The first-order valence-electron chi connectivity index (χ1n) is 6.12. The molecular formula is C13H21Cl2N3O2. The van der Waals surface area contributed by atoms with Gasteiger partial charge in [-0.25, -0.2) is 0 Å². The smallest absolute Gasteiger partial charge is 0.234 e. The van der Waals surface area contributed by atoms with Gasteiger partial charge in [-0.15, -0.1) is 24.8 Å². The topological polar surface area (TPSA) is 67.6 Å². The fourth-order valence-corrected chi connectivity index (χ4v) is 2.27. The molecule has 0 radical (unpaired) electrons. The molecule has 1 atom stereocenters. The van der Waals surface area contributed by atoms with E-state index in [1.54, 1.807) is 7.11 Å². The predicted octanol–water partition coefficient (Wildman–Crippen LogP) is 1.19. The zero-order chi connectivity index (χ0) is 13.0. The Morgan fingerprint density at radius 2 is 2.15 bits per heavy atom. The molecule has 0 aromatic heterocycles. The van der Waals surface area contributed by atoms with Crippen molar-refractivity contribution in [1.82, 2.24) is 5.32 Å². The molecule has 2 rings (SSSR count). The summed E-state index contributed by atoms with van der Waals surface area (Å²) < 4.78 is 5.35. The van der Waals surface area contributed by atoms with Gasteiger partial charge in [-0.2, -0.15) is 0 Å². The van der Waals surface area contributed by atoms with E-state index in [9.17, 15) is 4.79 Å². The van der Waals surface area contributed by atoms with E-state index < -0.39 is 0 Å². The van der Waals surface area contributed by atoms with Crippen LogP contribution in [0.5, 0.6) is 5.75 Å². The molecule has 3 N–H and O–H groups in total. The third-order valence-electron chi connectivity index (χ3n) is 3.16. The number of nitrogens with one attached hydrogen (secondary N) is 1. The second-order valence-electron chi connectivity index (χ2n) is 4.38. The quantitative estimate of drug-likeness (QED) is 0.874. The van der Waals surface area contributed by atoms with Crippen molar-refractivity contribution < 1.29 is 9.53 Å². The van der Waals surface area contributed by atoms with Crippen LogP contribution in [0.15, 0.2) is 24.3 Å². The predicted molar refractivity (Wildman–Crippen MR) is 85.3 cm³/mol. The Morgan fingerprint density at radius 3 is 2.80 bits per heavy atom. The van der Waals surface area contributed by atoms with Crippen LogP contribution in [0.4, 0.5) is 5.69 Å². The van der Waals surface area contributed by atoms with Crippen molar-refractivity contribution in [3.63, 3.8) is 0 Å². The average molecular weight is 322 g/mol. The summed E-state index contributed by atoms with van der Waals surface area (Å²) in [6.07, 6.45) is 0.934. The lowest BCUT2D eigenvalue weighted by molar-refractivity contribution is -0.120. The molecule has 1 saturated heterocycles. The van der Waals surface area contributed by atoms with Gasteiger partial charge in [-0.3, -0.25) is 4.79 Å². The minimum Gasteiger partial charge on any atom is -0.495 e. The Kier molecular flexibility index (Phi) is 8.37. The standard InChI is InChI=1S/C13H19N3O2.2ClH/c1-18-12-5-3-2-4-11(12)16-7-6-10(9-16)15-13(17)8-14;;/h2-5,10H,6-9,14H2,1H3,(H,15,17);2*1H. The molecule has 114 valence electrons. The number of carbonyl (C=O) groups is 1. The molecule has 1 unspecified atom stereocenters. The van der Waals surface area contributed by atoms with Gasteiger partial charge in [0, 0.05) is 19.1 Å². The van der Waals surface area contributed by atoms with E-state index >= 15 is 0 Å². The molecule has 20 heavy (non-hydrogen) atoms. The van der Waals surface area contributed by atoms with E-state index in [0.29, 0.717) is 0 Å². The normalized spacial score (nSPS) is 16.9. The van der Waals surface area contributed by atoms with Crippen LogP contribution < -0.4 is 20.7 Å². The second kappa shape index (κ2) is 8.89. The van der Waals surface area contributed by atoms with Crippen molar-refractivity contribution in [2.24, 2.45) is 5.73 Å². The fourth-order valence-electron chi connectivity index (χ4n) is 2.27. The Morgan fingerprint density at radius 1 is 1.45 bits per heavy atom. The number of rotatable bonds is 4. The van der Waals surface area contributed by atoms with Crippen molar-refractivity contribution >= 4 is 36.4 Å². The molecule has 1 heterocycles. The van der Waals surface area contributed by atoms with Crippen LogP contribution >= 0.6 is 24.8 Å². The first-order valence-corrected chi connectivity index (χ1v) is 6.12. The lowest BCUT2D eigenvalue weighted by Gasteiger charge is -2.21. The van der Waals surface area contributed by atoms with Crippen LogP contribution in [-0.2, 0) is 4.79 Å². The number of anilines is 1. The van der Waals surface area contributed by atoms with Gasteiger partial charge in [0.1, 0.15) is 5.75 Å². The number of methoxy groups -OCH3 is 1. The second-order valence-corrected chi connectivity index (χ2v) is 4.38. The van der Waals surface area contributed by atoms with Gasteiger partial charge in [0.2, 0.25) is 5.91 Å². The van der Waals surface area contributed by atoms with Gasteiger partial charge >= 0.3 is 0 Å². The molecule has 0 spiro atoms. The molecule has 1 amide bonds. The highest BCUT2D eigenvalue weighted by molar-refractivity contribution is 5.85. The number of ether oxygens (including phenoxy) is 1. The summed E-state index contributed by atoms with van der Waals surface area (Å²) in [6, 6.07) is 8.09. The maximum atomic E-state index is 11.3. The van der Waals surface area contributed by atoms with Crippen molar-refractivity contribution in [3.05, 3.63) is 24.3 Å². The zero-order valence-corrected chi connectivity index (χ0v) is 13.0. The van der Waals surface area contributed by atoms with Gasteiger partial charge in [-0.05, 0) is 18.6 Å². The number of amides is 1. The summed E-state index contributed by atoms with van der Waals surface area (Å²) >= 11 is 0. The van der Waals surface area contributed by atoms with Crippen molar-refractivity contribution in [2.75, 3.05) is 31.6 Å². The lowest BCUT2D eigenvalue weighted by Crippen LogP contribution is -2.40. The third-order valence-corrected chi connectivity index (χ3v) is 3.16.